The van der Waals surface area contributed by atoms with Gasteiger partial charge in [-0.15, -0.1) is 24.0 Å². The van der Waals surface area contributed by atoms with Crippen LogP contribution in [0.2, 0.25) is 0 Å². The number of guanidine groups is 1. The lowest BCUT2D eigenvalue weighted by Crippen LogP contribution is -2.46. The van der Waals surface area contributed by atoms with Crippen LogP contribution in [0, 0.1) is 6.92 Å². The van der Waals surface area contributed by atoms with Crippen LogP contribution in [0.4, 0.5) is 0 Å². The Balaban J connectivity index is 0.00000392. The Bertz CT molecular complexity index is 917. The van der Waals surface area contributed by atoms with Gasteiger partial charge in [-0.2, -0.15) is 4.31 Å². The summed E-state index contributed by atoms with van der Waals surface area (Å²) in [4.78, 5) is 4.49. The van der Waals surface area contributed by atoms with E-state index in [4.69, 9.17) is 0 Å². The molecule has 8 nitrogen and oxygen atoms in total. The van der Waals surface area contributed by atoms with E-state index in [0.717, 1.165) is 18.4 Å². The average molecular weight is 544 g/mol. The van der Waals surface area contributed by atoms with Crippen LogP contribution in [-0.2, 0) is 26.4 Å². The molecule has 1 heterocycles. The SMILES string of the molecule is CN=C(NCc1ccc(S(C)(=O)=O)c(C)c1)NC[C@H]1CCCN1S(C)(=O)=O.I. The fourth-order valence-electron chi connectivity index (χ4n) is 3.31. The topological polar surface area (TPSA) is 108 Å². The molecule has 0 spiro atoms. The van der Waals surface area contributed by atoms with Gasteiger partial charge in [-0.1, -0.05) is 12.1 Å². The summed E-state index contributed by atoms with van der Waals surface area (Å²) in [6.07, 6.45) is 4.11. The Morgan fingerprint density at radius 3 is 2.43 bits per heavy atom. The second kappa shape index (κ2) is 10.2. The molecule has 1 fully saturated rings. The summed E-state index contributed by atoms with van der Waals surface area (Å²) in [6.45, 7) is 3.29. The molecule has 0 saturated carbocycles. The maximum absolute atomic E-state index is 11.8. The number of aliphatic imine (C=N–C) groups is 1. The lowest BCUT2D eigenvalue weighted by Gasteiger charge is -2.23. The Labute approximate surface area is 185 Å². The van der Waals surface area contributed by atoms with E-state index >= 15 is 0 Å². The number of sulfone groups is 1. The van der Waals surface area contributed by atoms with Crippen molar-refractivity contribution in [2.45, 2.75) is 37.2 Å². The largest absolute Gasteiger partial charge is 0.355 e. The first-order valence-electron chi connectivity index (χ1n) is 8.73. The number of benzene rings is 1. The first kappa shape index (κ1) is 25.1. The molecule has 0 aromatic heterocycles. The first-order chi connectivity index (χ1) is 12.5. The molecule has 0 unspecified atom stereocenters. The normalized spacial score (nSPS) is 18.6. The van der Waals surface area contributed by atoms with E-state index < -0.39 is 19.9 Å². The predicted octanol–water partition coefficient (Wildman–Crippen LogP) is 1.11. The van der Waals surface area contributed by atoms with Crippen LogP contribution in [0.5, 0.6) is 0 Å². The molecular weight excluding hydrogens is 515 g/mol. The summed E-state index contributed by atoms with van der Waals surface area (Å²) >= 11 is 0. The summed E-state index contributed by atoms with van der Waals surface area (Å²) in [5, 5.41) is 6.34. The zero-order valence-electron chi connectivity index (χ0n) is 16.6. The number of sulfonamides is 1. The zero-order valence-corrected chi connectivity index (χ0v) is 20.6. The highest BCUT2D eigenvalue weighted by molar-refractivity contribution is 14.0. The molecule has 11 heteroatoms. The number of aryl methyl sites for hydroxylation is 1. The summed E-state index contributed by atoms with van der Waals surface area (Å²) in [7, 11) is -4.78. The second-order valence-electron chi connectivity index (χ2n) is 6.85. The molecule has 1 aliphatic heterocycles. The van der Waals surface area contributed by atoms with Crippen molar-refractivity contribution in [1.29, 1.82) is 0 Å². The minimum atomic E-state index is -3.23. The third-order valence-electron chi connectivity index (χ3n) is 4.58. The van der Waals surface area contributed by atoms with Gasteiger partial charge in [0, 0.05) is 39.0 Å². The van der Waals surface area contributed by atoms with E-state index in [1.165, 1.54) is 16.8 Å². The fraction of sp³-hybridized carbons (Fsp3) is 0.588. The van der Waals surface area contributed by atoms with Crippen LogP contribution in [0.25, 0.3) is 0 Å². The summed E-state index contributed by atoms with van der Waals surface area (Å²) in [6, 6.07) is 5.14. The highest BCUT2D eigenvalue weighted by atomic mass is 127. The van der Waals surface area contributed by atoms with Crippen molar-refractivity contribution in [3.8, 4) is 0 Å². The summed E-state index contributed by atoms with van der Waals surface area (Å²) in [5.41, 5.74) is 1.64. The second-order valence-corrected chi connectivity index (χ2v) is 10.8. The third kappa shape index (κ3) is 6.85. The van der Waals surface area contributed by atoms with Gasteiger partial charge >= 0.3 is 0 Å². The van der Waals surface area contributed by atoms with Crippen molar-refractivity contribution < 1.29 is 16.8 Å². The van der Waals surface area contributed by atoms with Crippen molar-refractivity contribution in [3.05, 3.63) is 29.3 Å². The lowest BCUT2D eigenvalue weighted by molar-refractivity contribution is 0.387. The molecule has 160 valence electrons. The van der Waals surface area contributed by atoms with E-state index in [-0.39, 0.29) is 30.0 Å². The van der Waals surface area contributed by atoms with Crippen molar-refractivity contribution in [2.24, 2.45) is 4.99 Å². The third-order valence-corrected chi connectivity index (χ3v) is 7.17. The van der Waals surface area contributed by atoms with Gasteiger partial charge in [0.25, 0.3) is 0 Å². The maximum Gasteiger partial charge on any atom is 0.211 e. The molecular formula is C17H29IN4O4S2. The standard InChI is InChI=1S/C17H28N4O4S2.HI/c1-13-10-14(7-8-16(13)26(3,22)23)11-19-17(18-2)20-12-15-6-5-9-21(15)27(4,24)25;/h7-8,10,15H,5-6,9,11-12H2,1-4H3,(H2,18,19,20);1H/t15-;/m1./s1. The van der Waals surface area contributed by atoms with E-state index in [1.807, 2.05) is 6.07 Å². The summed E-state index contributed by atoms with van der Waals surface area (Å²) in [5.74, 6) is 0.570. The number of halogens is 1. The van der Waals surface area contributed by atoms with Crippen LogP contribution in [0.3, 0.4) is 0 Å². The molecule has 1 aromatic rings. The number of rotatable bonds is 6. The minimum absolute atomic E-state index is 0. The van der Waals surface area contributed by atoms with Crippen LogP contribution < -0.4 is 10.6 Å². The van der Waals surface area contributed by atoms with E-state index in [9.17, 15) is 16.8 Å². The van der Waals surface area contributed by atoms with Gasteiger partial charge < -0.3 is 10.6 Å². The van der Waals surface area contributed by atoms with E-state index in [1.54, 1.807) is 26.1 Å². The number of hydrogen-bond donors (Lipinski definition) is 2. The van der Waals surface area contributed by atoms with Crippen molar-refractivity contribution in [2.75, 3.05) is 32.6 Å². The minimum Gasteiger partial charge on any atom is -0.355 e. The molecule has 0 amide bonds. The Kier molecular flexibility index (Phi) is 9.16. The molecule has 2 N–H and O–H groups in total. The van der Waals surface area contributed by atoms with Crippen molar-refractivity contribution in [1.82, 2.24) is 14.9 Å². The highest BCUT2D eigenvalue weighted by Gasteiger charge is 2.31. The smallest absolute Gasteiger partial charge is 0.211 e. The monoisotopic (exact) mass is 544 g/mol. The molecule has 0 bridgehead atoms. The van der Waals surface area contributed by atoms with E-state index in [2.05, 4.69) is 15.6 Å². The maximum atomic E-state index is 11.8. The van der Waals surface area contributed by atoms with Crippen LogP contribution in [-0.4, -0.2) is 65.8 Å². The van der Waals surface area contributed by atoms with Gasteiger partial charge in [0.2, 0.25) is 10.0 Å². The van der Waals surface area contributed by atoms with Gasteiger partial charge in [-0.25, -0.2) is 16.8 Å². The van der Waals surface area contributed by atoms with Crippen molar-refractivity contribution >= 4 is 49.8 Å². The molecule has 1 aliphatic rings. The summed E-state index contributed by atoms with van der Waals surface area (Å²) < 4.78 is 48.5. The van der Waals surface area contributed by atoms with Gasteiger partial charge in [0.05, 0.1) is 11.2 Å². The first-order valence-corrected chi connectivity index (χ1v) is 12.5. The van der Waals surface area contributed by atoms with Gasteiger partial charge in [-0.05, 0) is 37.0 Å². The Morgan fingerprint density at radius 1 is 1.21 bits per heavy atom. The number of nitrogens with zero attached hydrogens (tertiary/aromatic N) is 2. The highest BCUT2D eigenvalue weighted by Crippen LogP contribution is 2.19. The quantitative estimate of drug-likeness (QED) is 0.316. The molecule has 2 rings (SSSR count). The van der Waals surface area contributed by atoms with Crippen LogP contribution >= 0.6 is 24.0 Å². The van der Waals surface area contributed by atoms with Gasteiger partial charge in [0.1, 0.15) is 0 Å². The molecule has 1 aromatic carbocycles. The molecule has 28 heavy (non-hydrogen) atoms. The Morgan fingerprint density at radius 2 is 1.89 bits per heavy atom. The number of hydrogen-bond acceptors (Lipinski definition) is 5. The number of nitrogens with one attached hydrogen (secondary N) is 2. The fourth-order valence-corrected chi connectivity index (χ4v) is 5.45. The molecule has 1 atom stereocenters. The molecule has 1 saturated heterocycles. The Hall–Kier alpha value is -0.920. The lowest BCUT2D eigenvalue weighted by atomic mass is 10.1. The zero-order chi connectivity index (χ0) is 20.2. The van der Waals surface area contributed by atoms with Crippen LogP contribution in [0.15, 0.2) is 28.1 Å². The predicted molar refractivity (Wildman–Crippen MR) is 122 cm³/mol. The average Bonchev–Trinajstić information content (AvgIpc) is 3.02. The van der Waals surface area contributed by atoms with Gasteiger partial charge in [-0.3, -0.25) is 4.99 Å². The van der Waals surface area contributed by atoms with Crippen LogP contribution in [0.1, 0.15) is 24.0 Å². The van der Waals surface area contributed by atoms with Crippen molar-refractivity contribution in [3.63, 3.8) is 0 Å². The van der Waals surface area contributed by atoms with E-state index in [0.29, 0.717) is 36.1 Å². The molecule has 0 radical (unpaired) electrons. The molecule has 0 aliphatic carbocycles. The van der Waals surface area contributed by atoms with Gasteiger partial charge in [0.15, 0.2) is 15.8 Å².